The van der Waals surface area contributed by atoms with E-state index in [9.17, 15) is 13.6 Å². The molecule has 2 aromatic heterocycles. The zero-order valence-electron chi connectivity index (χ0n) is 14.1. The van der Waals surface area contributed by atoms with Crippen molar-refractivity contribution in [2.45, 2.75) is 19.9 Å². The third kappa shape index (κ3) is 3.40. The first-order valence-electron chi connectivity index (χ1n) is 8.05. The fourth-order valence-corrected chi connectivity index (χ4v) is 4.11. The van der Waals surface area contributed by atoms with Crippen LogP contribution in [-0.4, -0.2) is 22.2 Å². The van der Waals surface area contributed by atoms with Crippen LogP contribution < -0.4 is 4.74 Å². The monoisotopic (exact) mass is 406 g/mol. The molecule has 4 aromatic rings. The van der Waals surface area contributed by atoms with Gasteiger partial charge in [-0.05, 0) is 53.6 Å². The molecule has 0 saturated carbocycles. The molecule has 0 unspecified atom stereocenters. The predicted octanol–water partition coefficient (Wildman–Crippen LogP) is 5.43. The highest BCUT2D eigenvalue weighted by molar-refractivity contribution is 7.17. The zero-order chi connectivity index (χ0) is 19.1. The van der Waals surface area contributed by atoms with Crippen LogP contribution in [0.2, 0.25) is 5.02 Å². The average Bonchev–Trinajstić information content (AvgIpc) is 3.16. The highest BCUT2D eigenvalue weighted by atomic mass is 35.5. The molecule has 0 amide bonds. The van der Waals surface area contributed by atoms with Crippen LogP contribution in [0.25, 0.3) is 21.0 Å². The van der Waals surface area contributed by atoms with Crippen LogP contribution in [0.4, 0.5) is 8.78 Å². The van der Waals surface area contributed by atoms with E-state index in [0.717, 1.165) is 26.7 Å². The van der Waals surface area contributed by atoms with Crippen LogP contribution >= 0.6 is 22.9 Å². The molecular formula is C19H13ClF2N2O2S. The molecule has 138 valence electrons. The smallest absolute Gasteiger partial charge is 0.379 e. The van der Waals surface area contributed by atoms with E-state index in [2.05, 4.69) is 5.10 Å². The number of thiophene rings is 1. The lowest BCUT2D eigenvalue weighted by Gasteiger charge is -2.06. The molecule has 0 radical (unpaired) electrons. The minimum atomic E-state index is -3.17. The van der Waals surface area contributed by atoms with E-state index in [0.29, 0.717) is 17.1 Å². The minimum Gasteiger partial charge on any atom is -0.422 e. The number of rotatable bonds is 4. The van der Waals surface area contributed by atoms with Gasteiger partial charge in [0.05, 0.1) is 17.8 Å². The summed E-state index contributed by atoms with van der Waals surface area (Å²) in [6.45, 7) is 2.35. The van der Waals surface area contributed by atoms with Crippen molar-refractivity contribution in [2.24, 2.45) is 0 Å². The van der Waals surface area contributed by atoms with Crippen molar-refractivity contribution in [3.63, 3.8) is 0 Å². The van der Waals surface area contributed by atoms with Crippen molar-refractivity contribution in [3.8, 4) is 5.75 Å². The number of benzene rings is 2. The van der Waals surface area contributed by atoms with Crippen molar-refractivity contribution < 1.29 is 18.3 Å². The van der Waals surface area contributed by atoms with Crippen LogP contribution in [0.5, 0.6) is 5.75 Å². The van der Waals surface area contributed by atoms with Gasteiger partial charge in [0.1, 0.15) is 5.75 Å². The summed E-state index contributed by atoms with van der Waals surface area (Å²) in [6.07, 6.45) is -3.17. The van der Waals surface area contributed by atoms with Crippen molar-refractivity contribution >= 4 is 49.9 Å². The second-order valence-electron chi connectivity index (χ2n) is 6.05. The first-order chi connectivity index (χ1) is 12.9. The third-order valence-corrected chi connectivity index (χ3v) is 5.49. The molecule has 0 aliphatic rings. The Morgan fingerprint density at radius 2 is 2.07 bits per heavy atom. The van der Waals surface area contributed by atoms with Gasteiger partial charge in [0, 0.05) is 21.2 Å². The Hall–Kier alpha value is -2.51. The molecular weight excluding hydrogens is 394 g/mol. The van der Waals surface area contributed by atoms with E-state index in [-0.39, 0.29) is 5.75 Å². The first-order valence-corrected chi connectivity index (χ1v) is 9.31. The maximum Gasteiger partial charge on any atom is 0.379 e. The first kappa shape index (κ1) is 17.9. The summed E-state index contributed by atoms with van der Waals surface area (Å²) in [5.41, 5.74) is 2.56. The Morgan fingerprint density at radius 3 is 2.85 bits per heavy atom. The number of fused-ring (bicyclic) bond motifs is 2. The lowest BCUT2D eigenvalue weighted by Crippen LogP contribution is -2.17. The molecule has 2 aromatic carbocycles. The minimum absolute atomic E-state index is 0.0622. The summed E-state index contributed by atoms with van der Waals surface area (Å²) in [7, 11) is 0. The quantitative estimate of drug-likeness (QED) is 0.335. The molecule has 0 aliphatic heterocycles. The summed E-state index contributed by atoms with van der Waals surface area (Å²) in [5, 5.41) is 9.17. The fraction of sp³-hybridized carbons (Fsp3) is 0.158. The van der Waals surface area contributed by atoms with Gasteiger partial charge < -0.3 is 4.74 Å². The Balaban J connectivity index is 1.74. The van der Waals surface area contributed by atoms with Crippen molar-refractivity contribution in [2.75, 3.05) is 0 Å². The number of nitrogens with zero attached hydrogens (tertiary/aromatic N) is 2. The normalized spacial score (nSPS) is 11.6. The average molecular weight is 407 g/mol. The Bertz CT molecular complexity index is 1170. The van der Waals surface area contributed by atoms with Gasteiger partial charge in [-0.2, -0.15) is 13.9 Å². The fourth-order valence-electron chi connectivity index (χ4n) is 3.00. The SMILES string of the molecule is Cc1nn(Cc2csc3ccc(Cl)cc23)c2cc(OC(=O)C(F)F)ccc12. The molecule has 0 N–H and O–H groups in total. The van der Waals surface area contributed by atoms with Crippen LogP contribution in [0.1, 0.15) is 11.3 Å². The van der Waals surface area contributed by atoms with Gasteiger partial charge in [0.2, 0.25) is 0 Å². The van der Waals surface area contributed by atoms with Gasteiger partial charge in [-0.3, -0.25) is 4.68 Å². The van der Waals surface area contributed by atoms with E-state index < -0.39 is 12.4 Å². The number of hydrogen-bond acceptors (Lipinski definition) is 4. The number of hydrogen-bond donors (Lipinski definition) is 0. The molecule has 8 heteroatoms. The Labute approximate surface area is 161 Å². The number of ether oxygens (including phenoxy) is 1. The van der Waals surface area contributed by atoms with E-state index in [4.69, 9.17) is 16.3 Å². The molecule has 0 spiro atoms. The maximum atomic E-state index is 12.4. The highest BCUT2D eigenvalue weighted by Crippen LogP contribution is 2.31. The van der Waals surface area contributed by atoms with Crippen LogP contribution in [0, 0.1) is 6.92 Å². The molecule has 4 rings (SSSR count). The van der Waals surface area contributed by atoms with E-state index in [1.54, 1.807) is 28.2 Å². The standard InChI is InChI=1S/C19H13ClF2N2O2S/c1-10-14-4-3-13(26-19(25)18(21)22)7-16(14)24(23-10)8-11-9-27-17-5-2-12(20)6-15(11)17/h2-7,9,18H,8H2,1H3. The number of halogens is 3. The van der Waals surface area contributed by atoms with E-state index in [1.807, 2.05) is 30.5 Å². The zero-order valence-corrected chi connectivity index (χ0v) is 15.7. The molecule has 4 nitrogen and oxygen atoms in total. The number of aromatic nitrogens is 2. The summed E-state index contributed by atoms with van der Waals surface area (Å²) in [6, 6.07) is 10.5. The highest BCUT2D eigenvalue weighted by Gasteiger charge is 2.19. The van der Waals surface area contributed by atoms with Crippen LogP contribution in [-0.2, 0) is 11.3 Å². The van der Waals surface area contributed by atoms with Gasteiger partial charge in [-0.1, -0.05) is 11.6 Å². The second-order valence-corrected chi connectivity index (χ2v) is 7.39. The van der Waals surface area contributed by atoms with Gasteiger partial charge >= 0.3 is 12.4 Å². The van der Waals surface area contributed by atoms with E-state index in [1.165, 1.54) is 6.07 Å². The molecule has 2 heterocycles. The Kier molecular flexibility index (Phi) is 4.57. The van der Waals surface area contributed by atoms with Crippen LogP contribution in [0.3, 0.4) is 0 Å². The molecule has 0 fully saturated rings. The second kappa shape index (κ2) is 6.90. The summed E-state index contributed by atoms with van der Waals surface area (Å²) >= 11 is 7.73. The van der Waals surface area contributed by atoms with Crippen LogP contribution in [0.15, 0.2) is 41.8 Å². The molecule has 0 bridgehead atoms. The maximum absolute atomic E-state index is 12.4. The lowest BCUT2D eigenvalue weighted by atomic mass is 10.1. The Morgan fingerprint density at radius 1 is 1.26 bits per heavy atom. The van der Waals surface area contributed by atoms with Crippen molar-refractivity contribution in [3.05, 3.63) is 58.1 Å². The predicted molar refractivity (Wildman–Crippen MR) is 102 cm³/mol. The largest absolute Gasteiger partial charge is 0.422 e. The number of carbonyl (C=O) groups excluding carboxylic acids is 1. The van der Waals surface area contributed by atoms with Crippen molar-refractivity contribution in [1.29, 1.82) is 0 Å². The van der Waals surface area contributed by atoms with E-state index >= 15 is 0 Å². The molecule has 0 aliphatic carbocycles. The van der Waals surface area contributed by atoms with Gasteiger partial charge in [0.25, 0.3) is 0 Å². The summed E-state index contributed by atoms with van der Waals surface area (Å²) < 4.78 is 32.5. The summed E-state index contributed by atoms with van der Waals surface area (Å²) in [5.74, 6) is -1.51. The van der Waals surface area contributed by atoms with Gasteiger partial charge in [0.15, 0.2) is 0 Å². The van der Waals surface area contributed by atoms with Crippen molar-refractivity contribution in [1.82, 2.24) is 9.78 Å². The molecule has 27 heavy (non-hydrogen) atoms. The summed E-state index contributed by atoms with van der Waals surface area (Å²) in [4.78, 5) is 11.2. The number of aryl methyl sites for hydroxylation is 1. The number of carbonyl (C=O) groups is 1. The van der Waals surface area contributed by atoms with Gasteiger partial charge in [-0.25, -0.2) is 4.79 Å². The molecule has 0 saturated heterocycles. The molecule has 0 atom stereocenters. The lowest BCUT2D eigenvalue weighted by molar-refractivity contribution is -0.146. The number of esters is 1. The third-order valence-electron chi connectivity index (χ3n) is 4.24. The topological polar surface area (TPSA) is 44.1 Å². The number of alkyl halides is 2. The van der Waals surface area contributed by atoms with Gasteiger partial charge in [-0.15, -0.1) is 11.3 Å².